The van der Waals surface area contributed by atoms with Gasteiger partial charge < -0.3 is 15.2 Å². The van der Waals surface area contributed by atoms with Gasteiger partial charge in [0, 0.05) is 12.6 Å². The minimum absolute atomic E-state index is 0.126. The van der Waals surface area contributed by atoms with Gasteiger partial charge in [0.05, 0.1) is 13.2 Å². The zero-order valence-corrected chi connectivity index (χ0v) is 9.36. The molecule has 0 bridgehead atoms. The van der Waals surface area contributed by atoms with E-state index >= 15 is 0 Å². The minimum Gasteiger partial charge on any atom is -0.494 e. The number of benzene rings is 1. The zero-order valence-electron chi connectivity index (χ0n) is 9.36. The monoisotopic (exact) mass is 209 g/mol. The first-order valence-electron chi connectivity index (χ1n) is 5.32. The van der Waals surface area contributed by atoms with Crippen LogP contribution in [0, 0.1) is 0 Å². The van der Waals surface area contributed by atoms with Gasteiger partial charge in [0.25, 0.3) is 0 Å². The molecule has 0 aromatic heterocycles. The number of rotatable bonds is 6. The van der Waals surface area contributed by atoms with Gasteiger partial charge in [0.2, 0.25) is 0 Å². The topological polar surface area (TPSA) is 41.5 Å². The van der Waals surface area contributed by atoms with Crippen LogP contribution in [0.25, 0.3) is 0 Å². The number of aliphatic hydroxyl groups is 1. The average Bonchev–Trinajstić information content (AvgIpc) is 2.27. The highest BCUT2D eigenvalue weighted by Crippen LogP contribution is 2.13. The molecule has 15 heavy (non-hydrogen) atoms. The van der Waals surface area contributed by atoms with Crippen LogP contribution in [-0.2, 0) is 6.54 Å². The van der Waals surface area contributed by atoms with E-state index in [0.717, 1.165) is 12.3 Å². The Labute approximate surface area is 91.1 Å². The lowest BCUT2D eigenvalue weighted by atomic mass is 10.2. The van der Waals surface area contributed by atoms with Gasteiger partial charge in [-0.3, -0.25) is 0 Å². The molecule has 1 aromatic rings. The maximum atomic E-state index is 8.86. The van der Waals surface area contributed by atoms with Gasteiger partial charge in [-0.15, -0.1) is 0 Å². The lowest BCUT2D eigenvalue weighted by molar-refractivity contribution is 0.251. The van der Waals surface area contributed by atoms with Crippen LogP contribution in [0.5, 0.6) is 5.75 Å². The number of nitrogens with one attached hydrogen (secondary N) is 1. The molecule has 0 saturated heterocycles. The van der Waals surface area contributed by atoms with Gasteiger partial charge in [-0.2, -0.15) is 0 Å². The summed E-state index contributed by atoms with van der Waals surface area (Å²) < 4.78 is 5.40. The van der Waals surface area contributed by atoms with E-state index in [4.69, 9.17) is 9.84 Å². The van der Waals surface area contributed by atoms with Crippen LogP contribution in [0.1, 0.15) is 19.4 Å². The lowest BCUT2D eigenvalue weighted by Gasteiger charge is -2.11. The van der Waals surface area contributed by atoms with Crippen LogP contribution in [0.4, 0.5) is 0 Å². The smallest absolute Gasteiger partial charge is 0.119 e. The minimum atomic E-state index is 0.126. The molecule has 3 heteroatoms. The molecule has 0 radical (unpaired) electrons. The predicted octanol–water partition coefficient (Wildman–Crippen LogP) is 1.56. The number of hydrogen-bond donors (Lipinski definition) is 2. The SMILES string of the molecule is CCOc1cccc(CN[C@@H](C)CO)c1. The van der Waals surface area contributed by atoms with Crippen LogP contribution < -0.4 is 10.1 Å². The molecule has 1 rings (SSSR count). The van der Waals surface area contributed by atoms with E-state index in [1.165, 1.54) is 5.56 Å². The van der Waals surface area contributed by atoms with Gasteiger partial charge in [-0.1, -0.05) is 12.1 Å². The van der Waals surface area contributed by atoms with Crippen molar-refractivity contribution >= 4 is 0 Å². The van der Waals surface area contributed by atoms with Crippen molar-refractivity contribution in [3.8, 4) is 5.75 Å². The van der Waals surface area contributed by atoms with Crippen molar-refractivity contribution in [1.82, 2.24) is 5.32 Å². The first-order valence-corrected chi connectivity index (χ1v) is 5.32. The quantitative estimate of drug-likeness (QED) is 0.747. The van der Waals surface area contributed by atoms with Crippen molar-refractivity contribution in [3.63, 3.8) is 0 Å². The fraction of sp³-hybridized carbons (Fsp3) is 0.500. The largest absolute Gasteiger partial charge is 0.494 e. The summed E-state index contributed by atoms with van der Waals surface area (Å²) in [4.78, 5) is 0. The number of hydrogen-bond acceptors (Lipinski definition) is 3. The molecule has 0 aliphatic heterocycles. The summed E-state index contributed by atoms with van der Waals surface area (Å²) in [6.07, 6.45) is 0. The van der Waals surface area contributed by atoms with Crippen LogP contribution in [0.15, 0.2) is 24.3 Å². The molecular formula is C12H19NO2. The van der Waals surface area contributed by atoms with Gasteiger partial charge in [-0.05, 0) is 31.5 Å². The second kappa shape index (κ2) is 6.43. The molecule has 0 fully saturated rings. The third-order valence-corrected chi connectivity index (χ3v) is 2.14. The molecule has 0 aliphatic rings. The Bertz CT molecular complexity index is 289. The Kier molecular flexibility index (Phi) is 5.15. The Balaban J connectivity index is 2.50. The van der Waals surface area contributed by atoms with Crippen molar-refractivity contribution < 1.29 is 9.84 Å². The Morgan fingerprint density at radius 1 is 1.47 bits per heavy atom. The molecule has 2 N–H and O–H groups in total. The maximum absolute atomic E-state index is 8.86. The molecule has 1 aromatic carbocycles. The number of ether oxygens (including phenoxy) is 1. The highest BCUT2D eigenvalue weighted by molar-refractivity contribution is 5.28. The van der Waals surface area contributed by atoms with Gasteiger partial charge in [-0.25, -0.2) is 0 Å². The maximum Gasteiger partial charge on any atom is 0.119 e. The fourth-order valence-electron chi connectivity index (χ4n) is 1.27. The zero-order chi connectivity index (χ0) is 11.1. The van der Waals surface area contributed by atoms with Crippen LogP contribution in [-0.4, -0.2) is 24.4 Å². The van der Waals surface area contributed by atoms with E-state index in [1.807, 2.05) is 38.1 Å². The third kappa shape index (κ3) is 4.32. The Morgan fingerprint density at radius 3 is 2.93 bits per heavy atom. The first kappa shape index (κ1) is 12.0. The molecule has 0 saturated carbocycles. The summed E-state index contributed by atoms with van der Waals surface area (Å²) in [6.45, 7) is 5.52. The van der Waals surface area contributed by atoms with Gasteiger partial charge in [0.1, 0.15) is 5.75 Å². The molecule has 0 aliphatic carbocycles. The predicted molar refractivity (Wildman–Crippen MR) is 61.0 cm³/mol. The summed E-state index contributed by atoms with van der Waals surface area (Å²) in [5, 5.41) is 12.1. The van der Waals surface area contributed by atoms with E-state index in [2.05, 4.69) is 5.32 Å². The van der Waals surface area contributed by atoms with E-state index in [-0.39, 0.29) is 12.6 Å². The highest BCUT2D eigenvalue weighted by atomic mass is 16.5. The molecular weight excluding hydrogens is 190 g/mol. The molecule has 0 amide bonds. The summed E-state index contributed by atoms with van der Waals surface area (Å²) in [6, 6.07) is 8.11. The molecule has 0 heterocycles. The molecule has 3 nitrogen and oxygen atoms in total. The standard InChI is InChI=1S/C12H19NO2/c1-3-15-12-6-4-5-11(7-12)8-13-10(2)9-14/h4-7,10,13-14H,3,8-9H2,1-2H3/t10-/m0/s1. The van der Waals surface area contributed by atoms with Crippen molar-refractivity contribution in [1.29, 1.82) is 0 Å². The Hall–Kier alpha value is -1.06. The first-order chi connectivity index (χ1) is 7.26. The summed E-state index contributed by atoms with van der Waals surface area (Å²) in [5.74, 6) is 0.897. The van der Waals surface area contributed by atoms with Gasteiger partial charge in [0.15, 0.2) is 0 Å². The van der Waals surface area contributed by atoms with Crippen molar-refractivity contribution in [2.45, 2.75) is 26.4 Å². The van der Waals surface area contributed by atoms with Crippen molar-refractivity contribution in [2.24, 2.45) is 0 Å². The van der Waals surface area contributed by atoms with E-state index in [0.29, 0.717) is 6.61 Å². The van der Waals surface area contributed by atoms with Gasteiger partial charge >= 0.3 is 0 Å². The normalized spacial score (nSPS) is 12.5. The van der Waals surface area contributed by atoms with Crippen molar-refractivity contribution in [2.75, 3.05) is 13.2 Å². The van der Waals surface area contributed by atoms with E-state index in [9.17, 15) is 0 Å². The second-order valence-corrected chi connectivity index (χ2v) is 3.54. The lowest BCUT2D eigenvalue weighted by Crippen LogP contribution is -2.28. The summed E-state index contributed by atoms with van der Waals surface area (Å²) in [5.41, 5.74) is 1.17. The van der Waals surface area contributed by atoms with Crippen molar-refractivity contribution in [3.05, 3.63) is 29.8 Å². The Morgan fingerprint density at radius 2 is 2.27 bits per heavy atom. The molecule has 84 valence electrons. The van der Waals surface area contributed by atoms with Crippen LogP contribution >= 0.6 is 0 Å². The third-order valence-electron chi connectivity index (χ3n) is 2.14. The molecule has 0 spiro atoms. The van der Waals surface area contributed by atoms with Crippen LogP contribution in [0.3, 0.4) is 0 Å². The van der Waals surface area contributed by atoms with Crippen LogP contribution in [0.2, 0.25) is 0 Å². The van der Waals surface area contributed by atoms with E-state index < -0.39 is 0 Å². The van der Waals surface area contributed by atoms with E-state index in [1.54, 1.807) is 0 Å². The molecule has 1 atom stereocenters. The molecule has 0 unspecified atom stereocenters. The average molecular weight is 209 g/mol. The fourth-order valence-corrected chi connectivity index (χ4v) is 1.27. The number of aliphatic hydroxyl groups excluding tert-OH is 1. The highest BCUT2D eigenvalue weighted by Gasteiger charge is 2.00. The summed E-state index contributed by atoms with van der Waals surface area (Å²) >= 11 is 0. The summed E-state index contributed by atoms with van der Waals surface area (Å²) in [7, 11) is 0. The second-order valence-electron chi connectivity index (χ2n) is 3.54.